The molecule has 6 heterocycles. The summed E-state index contributed by atoms with van der Waals surface area (Å²) in [5, 5.41) is 13.6. The topological polar surface area (TPSA) is 125 Å². The number of H-pyrrole nitrogens is 1. The quantitative estimate of drug-likeness (QED) is 0.496. The minimum Gasteiger partial charge on any atom is -0.481 e. The Kier molecular flexibility index (Phi) is 5.90. The first kappa shape index (κ1) is 24.9. The van der Waals surface area contributed by atoms with E-state index in [0.29, 0.717) is 36.8 Å². The molecule has 5 fully saturated rings. The Balaban J connectivity index is 0.968. The molecule has 3 N–H and O–H groups in total. The third-order valence-electron chi connectivity index (χ3n) is 9.46. The normalized spacial score (nSPS) is 28.7. The molecule has 4 saturated heterocycles. The monoisotopic (exact) mass is 539 g/mol. The van der Waals surface area contributed by atoms with Gasteiger partial charge in [-0.1, -0.05) is 0 Å². The minimum absolute atomic E-state index is 0.00856. The number of piperidine rings is 1. The molecule has 0 bridgehead atoms. The van der Waals surface area contributed by atoms with E-state index in [4.69, 9.17) is 9.47 Å². The molecule has 2 spiro atoms. The lowest BCUT2D eigenvalue weighted by molar-refractivity contribution is -0.232. The molecule has 3 atom stereocenters. The second kappa shape index (κ2) is 9.24. The molecule has 2 amide bonds. The molecule has 1 saturated carbocycles. The highest BCUT2D eigenvalue weighted by Crippen LogP contribution is 2.50. The number of aromatic nitrogens is 3. The molecule has 39 heavy (non-hydrogen) atoms. The van der Waals surface area contributed by atoms with Crippen molar-refractivity contribution in [3.63, 3.8) is 0 Å². The average molecular weight is 540 g/mol. The summed E-state index contributed by atoms with van der Waals surface area (Å²) in [6.07, 6.45) is 5.10. The summed E-state index contributed by atoms with van der Waals surface area (Å²) in [5.41, 5.74) is 0.533. The Morgan fingerprint density at radius 3 is 2.77 bits per heavy atom. The number of amides is 2. The zero-order valence-corrected chi connectivity index (χ0v) is 22.0. The SMILES string of the molecule is COc1cc(-c2cc(C(=O)N3CC[C@H](C(=O)N[C@H]4CCN([C@@H]5COC56CNC6)C4)CC34CC4)[nH]n2)c(F)cn1. The summed E-state index contributed by atoms with van der Waals surface area (Å²) < 4.78 is 25.3. The lowest BCUT2D eigenvalue weighted by atomic mass is 9.82. The third-order valence-corrected chi connectivity index (χ3v) is 9.46. The van der Waals surface area contributed by atoms with Crippen molar-refractivity contribution in [2.75, 3.05) is 46.4 Å². The highest BCUT2D eigenvalue weighted by Gasteiger charge is 2.57. The fourth-order valence-electron chi connectivity index (χ4n) is 6.84. The second-order valence-electron chi connectivity index (χ2n) is 11.7. The van der Waals surface area contributed by atoms with E-state index >= 15 is 0 Å². The number of pyridine rings is 1. The zero-order valence-electron chi connectivity index (χ0n) is 22.0. The van der Waals surface area contributed by atoms with Gasteiger partial charge in [-0.3, -0.25) is 19.6 Å². The summed E-state index contributed by atoms with van der Waals surface area (Å²) in [5.74, 6) is -0.439. The van der Waals surface area contributed by atoms with Crippen molar-refractivity contribution in [1.29, 1.82) is 0 Å². The van der Waals surface area contributed by atoms with E-state index in [-0.39, 0.29) is 46.4 Å². The summed E-state index contributed by atoms with van der Waals surface area (Å²) in [7, 11) is 1.46. The van der Waals surface area contributed by atoms with Gasteiger partial charge in [-0.15, -0.1) is 0 Å². The van der Waals surface area contributed by atoms with Crippen LogP contribution in [0.25, 0.3) is 11.3 Å². The second-order valence-corrected chi connectivity index (χ2v) is 11.7. The Bertz CT molecular complexity index is 1290. The fraction of sp³-hybridized carbons (Fsp3) is 0.630. The van der Waals surface area contributed by atoms with Gasteiger partial charge in [0.05, 0.1) is 31.6 Å². The van der Waals surface area contributed by atoms with Crippen molar-refractivity contribution in [2.24, 2.45) is 5.92 Å². The lowest BCUT2D eigenvalue weighted by Crippen LogP contribution is -2.78. The van der Waals surface area contributed by atoms with Crippen molar-refractivity contribution in [1.82, 2.24) is 35.6 Å². The van der Waals surface area contributed by atoms with Crippen LogP contribution in [-0.2, 0) is 9.53 Å². The van der Waals surface area contributed by atoms with Crippen LogP contribution < -0.4 is 15.4 Å². The van der Waals surface area contributed by atoms with Crippen molar-refractivity contribution < 1.29 is 23.5 Å². The Morgan fingerprint density at radius 2 is 2.08 bits per heavy atom. The molecule has 12 heteroatoms. The zero-order chi connectivity index (χ0) is 26.8. The maximum absolute atomic E-state index is 14.4. The fourth-order valence-corrected chi connectivity index (χ4v) is 6.84. The largest absolute Gasteiger partial charge is 0.481 e. The average Bonchev–Trinajstić information content (AvgIpc) is 3.26. The van der Waals surface area contributed by atoms with Gasteiger partial charge in [0.15, 0.2) is 5.82 Å². The number of nitrogens with one attached hydrogen (secondary N) is 3. The minimum atomic E-state index is -0.544. The van der Waals surface area contributed by atoms with Gasteiger partial charge in [0.1, 0.15) is 11.3 Å². The first-order valence-electron chi connectivity index (χ1n) is 13.9. The van der Waals surface area contributed by atoms with Crippen molar-refractivity contribution in [3.05, 3.63) is 29.8 Å². The lowest BCUT2D eigenvalue weighted by Gasteiger charge is -2.58. The first-order chi connectivity index (χ1) is 18.9. The van der Waals surface area contributed by atoms with Gasteiger partial charge in [0, 0.05) is 61.9 Å². The maximum Gasteiger partial charge on any atom is 0.272 e. The molecule has 1 aliphatic carbocycles. The molecule has 0 unspecified atom stereocenters. The predicted molar refractivity (Wildman–Crippen MR) is 138 cm³/mol. The third kappa shape index (κ3) is 4.20. The summed E-state index contributed by atoms with van der Waals surface area (Å²) in [6.45, 7) is 4.98. The number of aromatic amines is 1. The van der Waals surface area contributed by atoms with Gasteiger partial charge < -0.3 is 25.0 Å². The van der Waals surface area contributed by atoms with Crippen LogP contribution >= 0.6 is 0 Å². The number of likely N-dealkylation sites (tertiary alicyclic amines) is 2. The molecular weight excluding hydrogens is 505 g/mol. The summed E-state index contributed by atoms with van der Waals surface area (Å²) in [6, 6.07) is 3.63. The van der Waals surface area contributed by atoms with Gasteiger partial charge in [-0.05, 0) is 38.2 Å². The van der Waals surface area contributed by atoms with Crippen LogP contribution in [0.4, 0.5) is 4.39 Å². The first-order valence-corrected chi connectivity index (χ1v) is 13.9. The predicted octanol–water partition coefficient (Wildman–Crippen LogP) is 0.936. The van der Waals surface area contributed by atoms with Crippen LogP contribution in [0.1, 0.15) is 42.6 Å². The van der Waals surface area contributed by atoms with E-state index in [1.165, 1.54) is 13.2 Å². The standard InChI is InChI=1S/C27H34FN7O4/c1-38-23-8-18(19(28)11-30-23)20-9-21(33-32-20)25(37)35-7-2-16(10-26(35)4-5-26)24(36)31-17-3-6-34(12-17)22-13-39-27(22)14-29-15-27/h8-9,11,16-17,22,29H,2-7,10,12-15H2,1H3,(H,31,36)(H,32,33)/t16-,17-,22+/m0/s1. The van der Waals surface area contributed by atoms with Crippen LogP contribution in [0, 0.1) is 11.7 Å². The number of hydrogen-bond acceptors (Lipinski definition) is 8. The number of rotatable bonds is 6. The number of methoxy groups -OCH3 is 1. The van der Waals surface area contributed by atoms with E-state index in [1.807, 2.05) is 4.90 Å². The highest BCUT2D eigenvalue weighted by molar-refractivity contribution is 5.94. The molecule has 7 rings (SSSR count). The van der Waals surface area contributed by atoms with Crippen LogP contribution in [-0.4, -0.2) is 106 Å². The highest BCUT2D eigenvalue weighted by atomic mass is 19.1. The van der Waals surface area contributed by atoms with Gasteiger partial charge in [0.2, 0.25) is 11.8 Å². The summed E-state index contributed by atoms with van der Waals surface area (Å²) in [4.78, 5) is 35.0. The van der Waals surface area contributed by atoms with Crippen molar-refractivity contribution in [2.45, 2.75) is 55.3 Å². The molecule has 0 radical (unpaired) electrons. The maximum atomic E-state index is 14.4. The van der Waals surface area contributed by atoms with Crippen LogP contribution in [0.5, 0.6) is 5.88 Å². The number of nitrogens with zero attached hydrogens (tertiary/aromatic N) is 4. The molecule has 2 aromatic heterocycles. The van der Waals surface area contributed by atoms with Crippen LogP contribution in [0.2, 0.25) is 0 Å². The smallest absolute Gasteiger partial charge is 0.272 e. The van der Waals surface area contributed by atoms with E-state index in [9.17, 15) is 14.0 Å². The number of ether oxygens (including phenoxy) is 2. The molecule has 4 aliphatic heterocycles. The Labute approximate surface area is 225 Å². The molecule has 208 valence electrons. The van der Waals surface area contributed by atoms with Crippen molar-refractivity contribution in [3.8, 4) is 17.1 Å². The van der Waals surface area contributed by atoms with E-state index < -0.39 is 5.82 Å². The number of halogens is 1. The molecule has 5 aliphatic rings. The molecule has 11 nitrogen and oxygen atoms in total. The van der Waals surface area contributed by atoms with Crippen LogP contribution in [0.3, 0.4) is 0 Å². The van der Waals surface area contributed by atoms with E-state index in [1.54, 1.807) is 6.07 Å². The van der Waals surface area contributed by atoms with E-state index in [2.05, 4.69) is 30.7 Å². The van der Waals surface area contributed by atoms with Gasteiger partial charge in [-0.2, -0.15) is 5.10 Å². The Morgan fingerprint density at radius 1 is 1.23 bits per heavy atom. The number of hydrogen-bond donors (Lipinski definition) is 3. The number of carbonyl (C=O) groups excluding carboxylic acids is 2. The van der Waals surface area contributed by atoms with Crippen molar-refractivity contribution >= 4 is 11.8 Å². The van der Waals surface area contributed by atoms with Gasteiger partial charge in [0.25, 0.3) is 5.91 Å². The summed E-state index contributed by atoms with van der Waals surface area (Å²) >= 11 is 0. The molecule has 0 aromatic carbocycles. The van der Waals surface area contributed by atoms with Gasteiger partial charge >= 0.3 is 0 Å². The molecular formula is C27H34FN7O4. The van der Waals surface area contributed by atoms with Gasteiger partial charge in [-0.25, -0.2) is 9.37 Å². The Hall–Kier alpha value is -3.09. The van der Waals surface area contributed by atoms with E-state index in [0.717, 1.165) is 58.2 Å². The van der Waals surface area contributed by atoms with Crippen LogP contribution in [0.15, 0.2) is 18.3 Å². The molecule has 2 aromatic rings. The number of carbonyl (C=O) groups is 2.